The van der Waals surface area contributed by atoms with Crippen LogP contribution in [0.2, 0.25) is 0 Å². The highest BCUT2D eigenvalue weighted by Crippen LogP contribution is 2.31. The van der Waals surface area contributed by atoms with Gasteiger partial charge in [-0.15, -0.1) is 0 Å². The molecule has 172 valence electrons. The molecule has 0 atom stereocenters. The van der Waals surface area contributed by atoms with Gasteiger partial charge in [0.15, 0.2) is 0 Å². The van der Waals surface area contributed by atoms with E-state index in [0.717, 1.165) is 71.0 Å². The summed E-state index contributed by atoms with van der Waals surface area (Å²) in [6.45, 7) is 4.26. The molecule has 34 heavy (non-hydrogen) atoms. The van der Waals surface area contributed by atoms with E-state index in [1.807, 2.05) is 19.2 Å². The summed E-state index contributed by atoms with van der Waals surface area (Å²) in [6.07, 6.45) is 0. The second-order valence-electron chi connectivity index (χ2n) is 9.20. The molecule has 1 fully saturated rings. The highest BCUT2D eigenvalue weighted by atomic mass is 16.3. The minimum atomic E-state index is 0.252. The number of imidazole rings is 2. The number of aromatic nitrogens is 4. The summed E-state index contributed by atoms with van der Waals surface area (Å²) >= 11 is 0. The van der Waals surface area contributed by atoms with E-state index in [2.05, 4.69) is 69.4 Å². The van der Waals surface area contributed by atoms with Gasteiger partial charge in [0.1, 0.15) is 17.4 Å². The summed E-state index contributed by atoms with van der Waals surface area (Å²) in [6, 6.07) is 20.1. The zero-order valence-corrected chi connectivity index (χ0v) is 19.7. The number of phenolic OH excluding ortho intramolecular Hbond substituents is 1. The van der Waals surface area contributed by atoms with E-state index < -0.39 is 0 Å². The molecule has 0 saturated carbocycles. The number of hydrogen-bond acceptors (Lipinski definition) is 5. The van der Waals surface area contributed by atoms with Crippen LogP contribution in [-0.2, 0) is 14.1 Å². The number of likely N-dealkylation sites (N-methyl/N-ethyl adjacent to an activating group) is 1. The zero-order chi connectivity index (χ0) is 23.4. The zero-order valence-electron chi connectivity index (χ0n) is 19.7. The van der Waals surface area contributed by atoms with E-state index in [9.17, 15) is 5.11 Å². The van der Waals surface area contributed by atoms with Gasteiger partial charge in [-0.1, -0.05) is 0 Å². The third-order valence-electron chi connectivity index (χ3n) is 7.00. The lowest BCUT2D eigenvalue weighted by Gasteiger charge is -2.34. The van der Waals surface area contributed by atoms with Crippen LogP contribution in [0.4, 0.5) is 5.69 Å². The van der Waals surface area contributed by atoms with Crippen LogP contribution < -0.4 is 4.90 Å². The molecule has 0 radical (unpaired) electrons. The lowest BCUT2D eigenvalue weighted by molar-refractivity contribution is 0.313. The van der Waals surface area contributed by atoms with Crippen molar-refractivity contribution in [1.82, 2.24) is 24.0 Å². The molecule has 7 nitrogen and oxygen atoms in total. The summed E-state index contributed by atoms with van der Waals surface area (Å²) in [5.41, 5.74) is 7.37. The van der Waals surface area contributed by atoms with Gasteiger partial charge in [-0.3, -0.25) is 0 Å². The molecule has 6 rings (SSSR count). The molecule has 0 unspecified atom stereocenters. The number of benzene rings is 3. The van der Waals surface area contributed by atoms with Gasteiger partial charge in [0.05, 0.1) is 22.1 Å². The number of aryl methyl sites for hydroxylation is 2. The Labute approximate surface area is 198 Å². The van der Waals surface area contributed by atoms with Crippen molar-refractivity contribution in [3.63, 3.8) is 0 Å². The summed E-state index contributed by atoms with van der Waals surface area (Å²) in [5, 5.41) is 9.62. The Hall–Kier alpha value is -3.84. The lowest BCUT2D eigenvalue weighted by atomic mass is 10.2. The fraction of sp³-hybridized carbons (Fsp3) is 0.259. The van der Waals surface area contributed by atoms with Crippen LogP contribution in [0.25, 0.3) is 44.8 Å². The van der Waals surface area contributed by atoms with E-state index in [-0.39, 0.29) is 5.75 Å². The highest BCUT2D eigenvalue weighted by molar-refractivity contribution is 5.88. The van der Waals surface area contributed by atoms with Crippen LogP contribution in [0.3, 0.4) is 0 Å². The fourth-order valence-electron chi connectivity index (χ4n) is 4.92. The molecule has 7 heteroatoms. The van der Waals surface area contributed by atoms with Crippen molar-refractivity contribution in [3.8, 4) is 28.5 Å². The van der Waals surface area contributed by atoms with Crippen molar-refractivity contribution in [3.05, 3.63) is 60.7 Å². The minimum Gasteiger partial charge on any atom is -0.508 e. The molecule has 1 aliphatic rings. The van der Waals surface area contributed by atoms with Crippen LogP contribution >= 0.6 is 0 Å². The van der Waals surface area contributed by atoms with Gasteiger partial charge in [0.25, 0.3) is 0 Å². The minimum absolute atomic E-state index is 0.252. The summed E-state index contributed by atoms with van der Waals surface area (Å²) in [7, 11) is 6.27. The first-order valence-corrected chi connectivity index (χ1v) is 11.6. The predicted molar refractivity (Wildman–Crippen MR) is 137 cm³/mol. The lowest BCUT2D eigenvalue weighted by Crippen LogP contribution is -2.44. The van der Waals surface area contributed by atoms with Crippen LogP contribution in [0.15, 0.2) is 60.7 Å². The Kier molecular flexibility index (Phi) is 4.81. The maximum atomic E-state index is 9.62. The molecule has 2 aromatic heterocycles. The fourth-order valence-corrected chi connectivity index (χ4v) is 4.92. The van der Waals surface area contributed by atoms with Crippen molar-refractivity contribution in [2.24, 2.45) is 14.1 Å². The third-order valence-corrected chi connectivity index (χ3v) is 7.00. The summed E-state index contributed by atoms with van der Waals surface area (Å²) in [5.74, 6) is 2.06. The maximum Gasteiger partial charge on any atom is 0.140 e. The number of hydrogen-bond donors (Lipinski definition) is 1. The van der Waals surface area contributed by atoms with Gasteiger partial charge in [0, 0.05) is 57.1 Å². The van der Waals surface area contributed by atoms with Crippen molar-refractivity contribution in [2.75, 3.05) is 38.1 Å². The molecule has 0 spiro atoms. The Morgan fingerprint density at radius 3 is 1.88 bits per heavy atom. The molecule has 5 aromatic rings. The first-order valence-electron chi connectivity index (χ1n) is 11.6. The average molecular weight is 453 g/mol. The van der Waals surface area contributed by atoms with E-state index >= 15 is 0 Å². The number of anilines is 1. The van der Waals surface area contributed by atoms with Crippen LogP contribution in [0.1, 0.15) is 0 Å². The third kappa shape index (κ3) is 3.40. The van der Waals surface area contributed by atoms with Gasteiger partial charge < -0.3 is 24.0 Å². The van der Waals surface area contributed by atoms with Crippen LogP contribution in [0, 0.1) is 0 Å². The molecule has 3 heterocycles. The van der Waals surface area contributed by atoms with Crippen molar-refractivity contribution in [2.45, 2.75) is 0 Å². The standard InChI is InChI=1S/C27H28N6O/c1-30-12-14-33(15-13-30)20-7-11-25-23(17-20)29-27(32(25)3)19-6-10-24-22(16-19)28-26(31(24)2)18-4-8-21(34)9-5-18/h4-11,16-17,34H,12-15H2,1-3H3. The number of fused-ring (bicyclic) bond motifs is 2. The first-order chi connectivity index (χ1) is 16.5. The second-order valence-corrected chi connectivity index (χ2v) is 9.20. The van der Waals surface area contributed by atoms with Gasteiger partial charge in [-0.25, -0.2) is 9.97 Å². The predicted octanol–water partition coefficient (Wildman–Crippen LogP) is 4.25. The number of aromatic hydroxyl groups is 1. The largest absolute Gasteiger partial charge is 0.508 e. The van der Waals surface area contributed by atoms with E-state index in [4.69, 9.17) is 9.97 Å². The Bertz CT molecular complexity index is 1510. The summed E-state index contributed by atoms with van der Waals surface area (Å²) in [4.78, 5) is 14.7. The maximum absolute atomic E-state index is 9.62. The van der Waals surface area contributed by atoms with Crippen LogP contribution in [-0.4, -0.2) is 62.3 Å². The number of piperazine rings is 1. The Morgan fingerprint density at radius 2 is 1.21 bits per heavy atom. The Morgan fingerprint density at radius 1 is 0.647 bits per heavy atom. The molecular formula is C27H28N6O. The molecular weight excluding hydrogens is 424 g/mol. The molecule has 1 N–H and O–H groups in total. The molecule has 3 aromatic carbocycles. The monoisotopic (exact) mass is 452 g/mol. The van der Waals surface area contributed by atoms with E-state index in [1.165, 1.54) is 5.69 Å². The quantitative estimate of drug-likeness (QED) is 0.443. The summed E-state index contributed by atoms with van der Waals surface area (Å²) < 4.78 is 4.25. The molecule has 0 bridgehead atoms. The van der Waals surface area contributed by atoms with Crippen molar-refractivity contribution >= 4 is 27.8 Å². The van der Waals surface area contributed by atoms with Crippen molar-refractivity contribution < 1.29 is 5.11 Å². The average Bonchev–Trinajstić information content (AvgIpc) is 3.36. The Balaban J connectivity index is 1.38. The van der Waals surface area contributed by atoms with E-state index in [0.29, 0.717) is 0 Å². The topological polar surface area (TPSA) is 62.4 Å². The van der Waals surface area contributed by atoms with Gasteiger partial charge in [-0.05, 0) is 67.7 Å². The van der Waals surface area contributed by atoms with Crippen LogP contribution in [0.5, 0.6) is 5.75 Å². The molecule has 0 amide bonds. The first kappa shape index (κ1) is 20.7. The highest BCUT2D eigenvalue weighted by Gasteiger charge is 2.18. The number of nitrogens with zero attached hydrogens (tertiary/aromatic N) is 6. The molecule has 1 aliphatic heterocycles. The van der Waals surface area contributed by atoms with Gasteiger partial charge >= 0.3 is 0 Å². The molecule has 1 saturated heterocycles. The second kappa shape index (κ2) is 7.88. The van der Waals surface area contributed by atoms with Gasteiger partial charge in [-0.2, -0.15) is 0 Å². The number of phenols is 1. The van der Waals surface area contributed by atoms with E-state index in [1.54, 1.807) is 12.1 Å². The smallest absolute Gasteiger partial charge is 0.140 e. The van der Waals surface area contributed by atoms with Gasteiger partial charge in [0.2, 0.25) is 0 Å². The van der Waals surface area contributed by atoms with Crippen molar-refractivity contribution in [1.29, 1.82) is 0 Å². The molecule has 0 aliphatic carbocycles. The normalized spacial score (nSPS) is 15.0. The SMILES string of the molecule is CN1CCN(c2ccc3c(c2)nc(-c2ccc4c(c2)nc(-c2ccc(O)cc2)n4C)n3C)CC1. The number of rotatable bonds is 3.